The first-order chi connectivity index (χ1) is 9.69. The molecule has 20 heavy (non-hydrogen) atoms. The van der Waals surface area contributed by atoms with Crippen LogP contribution in [0.25, 0.3) is 0 Å². The first-order valence-electron chi connectivity index (χ1n) is 6.89. The van der Waals surface area contributed by atoms with Gasteiger partial charge in [0.15, 0.2) is 0 Å². The lowest BCUT2D eigenvalue weighted by atomic mass is 9.97. The van der Waals surface area contributed by atoms with Crippen molar-refractivity contribution in [2.24, 2.45) is 0 Å². The van der Waals surface area contributed by atoms with Crippen molar-refractivity contribution in [1.82, 2.24) is 10.2 Å². The van der Waals surface area contributed by atoms with Crippen molar-refractivity contribution in [2.75, 3.05) is 48.0 Å². The average Bonchev–Trinajstić information content (AvgIpc) is 2.47. The molecule has 2 rings (SSSR count). The van der Waals surface area contributed by atoms with Crippen LogP contribution in [0.2, 0.25) is 0 Å². The molecular weight excluding hydrogens is 256 g/mol. The van der Waals surface area contributed by atoms with E-state index >= 15 is 0 Å². The molecule has 1 aromatic rings. The van der Waals surface area contributed by atoms with Crippen molar-refractivity contribution in [3.05, 3.63) is 23.8 Å². The minimum Gasteiger partial charge on any atom is -0.497 e. The van der Waals surface area contributed by atoms with E-state index < -0.39 is 0 Å². The number of morpholine rings is 1. The van der Waals surface area contributed by atoms with Crippen LogP contribution >= 0.6 is 0 Å². The van der Waals surface area contributed by atoms with Gasteiger partial charge in [-0.25, -0.2) is 0 Å². The third-order valence-corrected chi connectivity index (χ3v) is 3.72. The first-order valence-corrected chi connectivity index (χ1v) is 6.89. The second kappa shape index (κ2) is 6.92. The monoisotopic (exact) mass is 280 g/mol. The van der Waals surface area contributed by atoms with E-state index in [1.54, 1.807) is 14.2 Å². The lowest BCUT2D eigenvalue weighted by Gasteiger charge is -2.39. The van der Waals surface area contributed by atoms with E-state index in [2.05, 4.69) is 29.4 Å². The number of methoxy groups -OCH3 is 2. The van der Waals surface area contributed by atoms with Gasteiger partial charge in [0.25, 0.3) is 0 Å². The quantitative estimate of drug-likeness (QED) is 0.880. The molecule has 112 valence electrons. The Kier molecular flexibility index (Phi) is 5.23. The van der Waals surface area contributed by atoms with Gasteiger partial charge in [-0.15, -0.1) is 0 Å². The fourth-order valence-electron chi connectivity index (χ4n) is 2.70. The fraction of sp³-hybridized carbons (Fsp3) is 0.600. The Morgan fingerprint density at radius 2 is 1.90 bits per heavy atom. The Labute approximate surface area is 120 Å². The minimum absolute atomic E-state index is 0.121. The SMILES string of the molecule is CNCC1OCCN(C)C1c1cc(OC)cc(OC)c1. The molecule has 1 aliphatic rings. The van der Waals surface area contributed by atoms with Crippen LogP contribution in [0.4, 0.5) is 0 Å². The summed E-state index contributed by atoms with van der Waals surface area (Å²) in [6, 6.07) is 6.20. The van der Waals surface area contributed by atoms with Gasteiger partial charge in [0, 0.05) is 19.2 Å². The van der Waals surface area contributed by atoms with Crippen LogP contribution in [-0.4, -0.2) is 59.0 Å². The smallest absolute Gasteiger partial charge is 0.122 e. The Morgan fingerprint density at radius 1 is 1.25 bits per heavy atom. The molecule has 0 bridgehead atoms. The van der Waals surface area contributed by atoms with Crippen LogP contribution in [0.1, 0.15) is 11.6 Å². The third-order valence-electron chi connectivity index (χ3n) is 3.72. The molecule has 0 spiro atoms. The van der Waals surface area contributed by atoms with Gasteiger partial charge < -0.3 is 19.5 Å². The number of rotatable bonds is 5. The van der Waals surface area contributed by atoms with Crippen LogP contribution in [0.3, 0.4) is 0 Å². The van der Waals surface area contributed by atoms with Gasteiger partial charge in [-0.1, -0.05) is 0 Å². The Morgan fingerprint density at radius 3 is 2.45 bits per heavy atom. The molecule has 2 atom stereocenters. The van der Waals surface area contributed by atoms with Crippen molar-refractivity contribution in [3.63, 3.8) is 0 Å². The first kappa shape index (κ1) is 15.1. The highest BCUT2D eigenvalue weighted by atomic mass is 16.5. The van der Waals surface area contributed by atoms with E-state index in [9.17, 15) is 0 Å². The molecule has 1 aromatic carbocycles. The van der Waals surface area contributed by atoms with E-state index in [1.807, 2.05) is 13.1 Å². The Balaban J connectivity index is 2.34. The summed E-state index contributed by atoms with van der Waals surface area (Å²) < 4.78 is 16.6. The van der Waals surface area contributed by atoms with Gasteiger partial charge in [0.1, 0.15) is 11.5 Å². The summed E-state index contributed by atoms with van der Waals surface area (Å²) in [5.74, 6) is 1.61. The van der Waals surface area contributed by atoms with E-state index in [-0.39, 0.29) is 12.1 Å². The van der Waals surface area contributed by atoms with Crippen LogP contribution in [0.5, 0.6) is 11.5 Å². The van der Waals surface area contributed by atoms with Crippen molar-refractivity contribution in [1.29, 1.82) is 0 Å². The normalized spacial score (nSPS) is 23.6. The van der Waals surface area contributed by atoms with Crippen LogP contribution in [-0.2, 0) is 4.74 Å². The zero-order valence-electron chi connectivity index (χ0n) is 12.7. The number of likely N-dealkylation sites (N-methyl/N-ethyl adjacent to an activating group) is 2. The zero-order valence-corrected chi connectivity index (χ0v) is 12.7. The predicted octanol–water partition coefficient (Wildman–Crippen LogP) is 1.29. The molecule has 0 saturated carbocycles. The maximum Gasteiger partial charge on any atom is 0.122 e. The average molecular weight is 280 g/mol. The molecule has 2 unspecified atom stereocenters. The minimum atomic E-state index is 0.121. The van der Waals surface area contributed by atoms with Gasteiger partial charge in [0.05, 0.1) is 33.0 Å². The van der Waals surface area contributed by atoms with Crippen LogP contribution < -0.4 is 14.8 Å². The summed E-state index contributed by atoms with van der Waals surface area (Å²) >= 11 is 0. The number of benzene rings is 1. The molecule has 0 aliphatic carbocycles. The maximum atomic E-state index is 5.92. The lowest BCUT2D eigenvalue weighted by Crippen LogP contribution is -2.46. The van der Waals surface area contributed by atoms with Crippen molar-refractivity contribution >= 4 is 0 Å². The summed E-state index contributed by atoms with van der Waals surface area (Å²) in [6.07, 6.45) is 0.121. The van der Waals surface area contributed by atoms with E-state index in [1.165, 1.54) is 0 Å². The van der Waals surface area contributed by atoms with Crippen molar-refractivity contribution in [2.45, 2.75) is 12.1 Å². The highest BCUT2D eigenvalue weighted by Crippen LogP contribution is 2.33. The second-order valence-electron chi connectivity index (χ2n) is 5.04. The second-order valence-corrected chi connectivity index (χ2v) is 5.04. The largest absolute Gasteiger partial charge is 0.497 e. The Hall–Kier alpha value is -1.30. The third kappa shape index (κ3) is 3.23. The van der Waals surface area contributed by atoms with E-state index in [0.717, 1.165) is 36.8 Å². The number of hydrogen-bond donors (Lipinski definition) is 1. The molecule has 0 radical (unpaired) electrons. The molecule has 0 aromatic heterocycles. The van der Waals surface area contributed by atoms with Crippen molar-refractivity contribution < 1.29 is 14.2 Å². The Bertz CT molecular complexity index is 415. The highest BCUT2D eigenvalue weighted by Gasteiger charge is 2.31. The summed E-state index contributed by atoms with van der Waals surface area (Å²) in [6.45, 7) is 2.50. The standard InChI is InChI=1S/C15H24N2O3/c1-16-10-14-15(17(2)5-6-20-14)11-7-12(18-3)9-13(8-11)19-4/h7-9,14-16H,5-6,10H2,1-4H3. The molecule has 0 amide bonds. The molecule has 5 nitrogen and oxygen atoms in total. The molecule has 1 saturated heterocycles. The molecule has 1 heterocycles. The number of ether oxygens (including phenoxy) is 3. The van der Waals surface area contributed by atoms with E-state index in [0.29, 0.717) is 0 Å². The number of nitrogens with one attached hydrogen (secondary N) is 1. The molecule has 1 fully saturated rings. The van der Waals surface area contributed by atoms with Gasteiger partial charge >= 0.3 is 0 Å². The number of nitrogens with zero attached hydrogens (tertiary/aromatic N) is 1. The summed E-state index contributed by atoms with van der Waals surface area (Å²) in [7, 11) is 7.42. The fourth-order valence-corrected chi connectivity index (χ4v) is 2.70. The molecule has 1 N–H and O–H groups in total. The molecular formula is C15H24N2O3. The molecule has 1 aliphatic heterocycles. The van der Waals surface area contributed by atoms with Gasteiger partial charge in [0.2, 0.25) is 0 Å². The summed E-state index contributed by atoms with van der Waals surface area (Å²) in [4.78, 5) is 2.32. The number of hydrogen-bond acceptors (Lipinski definition) is 5. The summed E-state index contributed by atoms with van der Waals surface area (Å²) in [5.41, 5.74) is 1.16. The maximum absolute atomic E-state index is 5.92. The summed E-state index contributed by atoms with van der Waals surface area (Å²) in [5, 5.41) is 3.20. The zero-order chi connectivity index (χ0) is 14.5. The lowest BCUT2D eigenvalue weighted by molar-refractivity contribution is -0.0607. The predicted molar refractivity (Wildman–Crippen MR) is 78.6 cm³/mol. The van der Waals surface area contributed by atoms with Crippen LogP contribution in [0, 0.1) is 0 Å². The van der Waals surface area contributed by atoms with Crippen LogP contribution in [0.15, 0.2) is 18.2 Å². The van der Waals surface area contributed by atoms with Gasteiger partial charge in [-0.3, -0.25) is 4.90 Å². The molecule has 5 heteroatoms. The van der Waals surface area contributed by atoms with Gasteiger partial charge in [-0.05, 0) is 31.8 Å². The van der Waals surface area contributed by atoms with E-state index in [4.69, 9.17) is 14.2 Å². The van der Waals surface area contributed by atoms with Gasteiger partial charge in [-0.2, -0.15) is 0 Å². The topological polar surface area (TPSA) is 43.0 Å². The van der Waals surface area contributed by atoms with Crippen molar-refractivity contribution in [3.8, 4) is 11.5 Å². The highest BCUT2D eigenvalue weighted by molar-refractivity contribution is 5.40.